The Bertz CT molecular complexity index is 1260. The third-order valence-electron chi connectivity index (χ3n) is 5.32. The highest BCUT2D eigenvalue weighted by atomic mass is 32.2. The van der Waals surface area contributed by atoms with E-state index in [0.717, 1.165) is 27.9 Å². The molecule has 0 aromatic heterocycles. The number of fused-ring (bicyclic) bond motifs is 3. The van der Waals surface area contributed by atoms with E-state index in [1.165, 1.54) is 4.31 Å². The van der Waals surface area contributed by atoms with Crippen molar-refractivity contribution in [3.63, 3.8) is 0 Å². The van der Waals surface area contributed by atoms with Gasteiger partial charge in [0, 0.05) is 29.4 Å². The zero-order valence-corrected chi connectivity index (χ0v) is 17.6. The van der Waals surface area contributed by atoms with Crippen LogP contribution in [0.25, 0.3) is 11.1 Å². The molecule has 0 radical (unpaired) electrons. The number of aryl methyl sites for hydroxylation is 3. The van der Waals surface area contributed by atoms with Gasteiger partial charge in [-0.3, -0.25) is 9.10 Å². The lowest BCUT2D eigenvalue weighted by Gasteiger charge is -2.31. The van der Waals surface area contributed by atoms with Crippen LogP contribution in [-0.4, -0.2) is 21.4 Å². The minimum absolute atomic E-state index is 0.226. The summed E-state index contributed by atoms with van der Waals surface area (Å²) in [6.07, 6.45) is 0. The molecule has 1 aliphatic rings. The molecule has 1 N–H and O–H groups in total. The van der Waals surface area contributed by atoms with Crippen molar-refractivity contribution in [2.24, 2.45) is 0 Å². The van der Waals surface area contributed by atoms with Gasteiger partial charge in [-0.15, -0.1) is 0 Å². The highest BCUT2D eigenvalue weighted by molar-refractivity contribution is 7.93. The number of carbonyl (C=O) groups excluding carboxylic acids is 1. The molecule has 0 aliphatic carbocycles. The van der Waals surface area contributed by atoms with Crippen LogP contribution in [0.4, 0.5) is 11.4 Å². The summed E-state index contributed by atoms with van der Waals surface area (Å²) in [7, 11) is -2.07. The molecule has 0 saturated heterocycles. The van der Waals surface area contributed by atoms with Gasteiger partial charge in [0.05, 0.1) is 10.6 Å². The monoisotopic (exact) mass is 406 g/mol. The Morgan fingerprint density at radius 3 is 2.34 bits per heavy atom. The topological polar surface area (TPSA) is 66.5 Å². The van der Waals surface area contributed by atoms with Gasteiger partial charge < -0.3 is 5.32 Å². The summed E-state index contributed by atoms with van der Waals surface area (Å²) in [6.45, 7) is 5.79. The molecule has 1 amide bonds. The number of anilines is 2. The average molecular weight is 407 g/mol. The van der Waals surface area contributed by atoms with E-state index in [1.807, 2.05) is 39.0 Å². The van der Waals surface area contributed by atoms with Crippen LogP contribution in [0.2, 0.25) is 0 Å². The van der Waals surface area contributed by atoms with Gasteiger partial charge in [0.2, 0.25) is 0 Å². The predicted molar refractivity (Wildman–Crippen MR) is 116 cm³/mol. The quantitative estimate of drug-likeness (QED) is 0.673. The Morgan fingerprint density at radius 1 is 0.897 bits per heavy atom. The molecule has 0 unspecified atom stereocenters. The second kappa shape index (κ2) is 6.74. The van der Waals surface area contributed by atoms with E-state index in [2.05, 4.69) is 5.32 Å². The van der Waals surface area contributed by atoms with Crippen molar-refractivity contribution in [2.75, 3.05) is 16.7 Å². The molecule has 29 heavy (non-hydrogen) atoms. The number of nitrogens with zero attached hydrogens (tertiary/aromatic N) is 1. The Labute approximate surface area is 171 Å². The van der Waals surface area contributed by atoms with E-state index >= 15 is 0 Å². The number of hydrogen-bond donors (Lipinski definition) is 1. The summed E-state index contributed by atoms with van der Waals surface area (Å²) in [5.41, 5.74) is 6.06. The lowest BCUT2D eigenvalue weighted by molar-refractivity contribution is 0.102. The van der Waals surface area contributed by atoms with E-state index in [4.69, 9.17) is 0 Å². The summed E-state index contributed by atoms with van der Waals surface area (Å²) in [6, 6.07) is 16.3. The molecule has 3 aromatic carbocycles. The van der Waals surface area contributed by atoms with E-state index < -0.39 is 10.0 Å². The molecule has 5 nitrogen and oxygen atoms in total. The van der Waals surface area contributed by atoms with Crippen molar-refractivity contribution in [3.05, 3.63) is 76.9 Å². The highest BCUT2D eigenvalue weighted by Crippen LogP contribution is 2.44. The normalized spacial score (nSPS) is 14.1. The number of sulfonamides is 1. The van der Waals surface area contributed by atoms with Gasteiger partial charge in [-0.2, -0.15) is 0 Å². The maximum absolute atomic E-state index is 13.0. The highest BCUT2D eigenvalue weighted by Gasteiger charge is 2.33. The molecule has 3 aromatic rings. The van der Waals surface area contributed by atoms with Crippen molar-refractivity contribution in [2.45, 2.75) is 25.7 Å². The third kappa shape index (κ3) is 3.09. The van der Waals surface area contributed by atoms with Crippen LogP contribution in [-0.2, 0) is 10.0 Å². The zero-order valence-electron chi connectivity index (χ0n) is 16.8. The second-order valence-electron chi connectivity index (χ2n) is 7.43. The molecule has 148 valence electrons. The Balaban J connectivity index is 1.82. The van der Waals surface area contributed by atoms with Crippen LogP contribution in [0, 0.1) is 20.8 Å². The average Bonchev–Trinajstić information content (AvgIpc) is 2.68. The Morgan fingerprint density at radius 2 is 1.62 bits per heavy atom. The van der Waals surface area contributed by atoms with E-state index in [9.17, 15) is 13.2 Å². The van der Waals surface area contributed by atoms with E-state index in [1.54, 1.807) is 43.4 Å². The van der Waals surface area contributed by atoms with Crippen molar-refractivity contribution >= 4 is 27.3 Å². The summed E-state index contributed by atoms with van der Waals surface area (Å²) < 4.78 is 27.1. The first-order valence-corrected chi connectivity index (χ1v) is 10.8. The van der Waals surface area contributed by atoms with E-state index in [-0.39, 0.29) is 10.8 Å². The number of hydrogen-bond acceptors (Lipinski definition) is 3. The van der Waals surface area contributed by atoms with Gasteiger partial charge >= 0.3 is 0 Å². The summed E-state index contributed by atoms with van der Waals surface area (Å²) >= 11 is 0. The van der Waals surface area contributed by atoms with Crippen LogP contribution in [0.15, 0.2) is 59.5 Å². The molecular weight excluding hydrogens is 384 g/mol. The van der Waals surface area contributed by atoms with Crippen molar-refractivity contribution in [1.82, 2.24) is 0 Å². The van der Waals surface area contributed by atoms with Crippen LogP contribution >= 0.6 is 0 Å². The van der Waals surface area contributed by atoms with Crippen LogP contribution in [0.1, 0.15) is 27.0 Å². The molecular formula is C23H22N2O3S. The number of rotatable bonds is 2. The molecule has 0 fully saturated rings. The fourth-order valence-electron chi connectivity index (χ4n) is 3.86. The standard InChI is InChI=1S/C23H22N2O3S/c1-14-9-10-20(15(2)11-14)24-23(26)17-12-16(3)22-19(13-17)18-7-5-6-8-21(18)29(27,28)25(22)4/h5-13H,1-4H3,(H,24,26). The minimum Gasteiger partial charge on any atom is -0.322 e. The summed E-state index contributed by atoms with van der Waals surface area (Å²) in [5, 5.41) is 2.97. The Hall–Kier alpha value is -3.12. The van der Waals surface area contributed by atoms with Gasteiger partial charge in [0.25, 0.3) is 15.9 Å². The van der Waals surface area contributed by atoms with Gasteiger partial charge in [-0.25, -0.2) is 8.42 Å². The van der Waals surface area contributed by atoms with Gasteiger partial charge in [0.1, 0.15) is 0 Å². The summed E-state index contributed by atoms with van der Waals surface area (Å²) in [4.78, 5) is 13.2. The maximum atomic E-state index is 13.0. The van der Waals surface area contributed by atoms with E-state index in [0.29, 0.717) is 16.8 Å². The maximum Gasteiger partial charge on any atom is 0.264 e. The number of amides is 1. The third-order valence-corrected chi connectivity index (χ3v) is 7.14. The molecule has 1 heterocycles. The Kier molecular flexibility index (Phi) is 4.46. The van der Waals surface area contributed by atoms with Crippen LogP contribution in [0.5, 0.6) is 0 Å². The number of carbonyl (C=O) groups is 1. The second-order valence-corrected chi connectivity index (χ2v) is 9.37. The molecule has 0 saturated carbocycles. The largest absolute Gasteiger partial charge is 0.322 e. The first-order valence-electron chi connectivity index (χ1n) is 9.32. The first kappa shape index (κ1) is 19.2. The van der Waals surface area contributed by atoms with Gasteiger partial charge in [0.15, 0.2) is 0 Å². The molecule has 0 atom stereocenters. The lowest BCUT2D eigenvalue weighted by atomic mass is 9.96. The fraction of sp³-hybridized carbons (Fsp3) is 0.174. The zero-order chi connectivity index (χ0) is 20.9. The van der Waals surface area contributed by atoms with Gasteiger partial charge in [-0.05, 0) is 56.2 Å². The molecule has 6 heteroatoms. The molecule has 0 spiro atoms. The number of benzene rings is 3. The van der Waals surface area contributed by atoms with Crippen molar-refractivity contribution in [1.29, 1.82) is 0 Å². The van der Waals surface area contributed by atoms with Crippen LogP contribution in [0.3, 0.4) is 0 Å². The SMILES string of the molecule is Cc1ccc(NC(=O)c2cc(C)c3c(c2)-c2ccccc2S(=O)(=O)N3C)c(C)c1. The fourth-order valence-corrected chi connectivity index (χ4v) is 5.35. The van der Waals surface area contributed by atoms with Gasteiger partial charge in [-0.1, -0.05) is 35.9 Å². The predicted octanol–water partition coefficient (Wildman–Crippen LogP) is 4.67. The molecule has 0 bridgehead atoms. The summed E-state index contributed by atoms with van der Waals surface area (Å²) in [5.74, 6) is -0.226. The van der Waals surface area contributed by atoms with Crippen molar-refractivity contribution in [3.8, 4) is 11.1 Å². The molecule has 1 aliphatic heterocycles. The first-order chi connectivity index (χ1) is 13.7. The number of nitrogens with one attached hydrogen (secondary N) is 1. The molecule has 4 rings (SSSR count). The lowest BCUT2D eigenvalue weighted by Crippen LogP contribution is -2.31. The smallest absolute Gasteiger partial charge is 0.264 e. The van der Waals surface area contributed by atoms with Crippen LogP contribution < -0.4 is 9.62 Å². The minimum atomic E-state index is -3.62. The van der Waals surface area contributed by atoms with Crippen molar-refractivity contribution < 1.29 is 13.2 Å².